The second-order valence-electron chi connectivity index (χ2n) is 6.49. The lowest BCUT2D eigenvalue weighted by Crippen LogP contribution is -2.32. The first-order valence-electron chi connectivity index (χ1n) is 9.44. The fraction of sp³-hybridized carbons (Fsp3) is 0.550. The fourth-order valence-corrected chi connectivity index (χ4v) is 3.42. The molecule has 0 spiro atoms. The van der Waals surface area contributed by atoms with Crippen LogP contribution in [0.4, 0.5) is 0 Å². The molecule has 1 aliphatic heterocycles. The number of likely N-dealkylation sites (tertiary alicyclic amines) is 1. The number of allylic oxidation sites excluding steroid dienone is 1. The normalized spacial score (nSPS) is 17.0. The summed E-state index contributed by atoms with van der Waals surface area (Å²) in [5.41, 5.74) is 0. The van der Waals surface area contributed by atoms with Crippen molar-refractivity contribution in [2.24, 2.45) is 0 Å². The van der Waals surface area contributed by atoms with Crippen molar-refractivity contribution < 1.29 is 23.5 Å². The predicted molar refractivity (Wildman–Crippen MR) is 104 cm³/mol. The molecule has 2 heterocycles. The molecule has 2 rings (SSSR count). The monoisotopic (exact) mass is 439 g/mol. The summed E-state index contributed by atoms with van der Waals surface area (Å²) < 4.78 is 10.7. The van der Waals surface area contributed by atoms with Gasteiger partial charge >= 0.3 is 5.97 Å². The Labute approximate surface area is 168 Å². The van der Waals surface area contributed by atoms with Gasteiger partial charge in [0.1, 0.15) is 0 Å². The SMILES string of the molecule is CCOC(=O)CCCCCCN1C(=O)CC[C@@H]1C=CC(=O)c1ccc(Br)o1. The van der Waals surface area contributed by atoms with Crippen molar-refractivity contribution in [2.45, 2.75) is 57.9 Å². The number of carbonyl (C=O) groups is 3. The van der Waals surface area contributed by atoms with Crippen LogP contribution in [0.2, 0.25) is 0 Å². The van der Waals surface area contributed by atoms with Gasteiger partial charge in [-0.25, -0.2) is 0 Å². The molecule has 0 bridgehead atoms. The largest absolute Gasteiger partial charge is 0.466 e. The van der Waals surface area contributed by atoms with Crippen LogP contribution in [0.5, 0.6) is 0 Å². The molecule has 6 nitrogen and oxygen atoms in total. The summed E-state index contributed by atoms with van der Waals surface area (Å²) in [5, 5.41) is 0. The molecular weight excluding hydrogens is 414 g/mol. The van der Waals surface area contributed by atoms with Gasteiger partial charge in [0, 0.05) is 19.4 Å². The molecule has 1 aromatic rings. The number of halogens is 1. The van der Waals surface area contributed by atoms with Crippen LogP contribution >= 0.6 is 15.9 Å². The standard InChI is InChI=1S/C20H26BrNO5/c1-2-26-20(25)7-5-3-4-6-14-22-15(9-13-19(22)24)8-10-16(23)17-11-12-18(21)27-17/h8,10-12,15H,2-7,9,13-14H2,1H3/t15-/m0/s1. The number of ketones is 1. The van der Waals surface area contributed by atoms with Crippen LogP contribution in [0.3, 0.4) is 0 Å². The predicted octanol–water partition coefficient (Wildman–Crippen LogP) is 4.29. The average molecular weight is 440 g/mol. The zero-order valence-electron chi connectivity index (χ0n) is 15.6. The van der Waals surface area contributed by atoms with E-state index in [9.17, 15) is 14.4 Å². The number of hydrogen-bond donors (Lipinski definition) is 0. The molecule has 1 atom stereocenters. The highest BCUT2D eigenvalue weighted by Crippen LogP contribution is 2.21. The third-order valence-corrected chi connectivity index (χ3v) is 4.92. The Morgan fingerprint density at radius 1 is 1.30 bits per heavy atom. The molecular formula is C20H26BrNO5. The second-order valence-corrected chi connectivity index (χ2v) is 7.27. The lowest BCUT2D eigenvalue weighted by molar-refractivity contribution is -0.143. The Hall–Kier alpha value is -1.89. The number of unbranched alkanes of at least 4 members (excludes halogenated alkanes) is 3. The summed E-state index contributed by atoms with van der Waals surface area (Å²) >= 11 is 3.18. The van der Waals surface area contributed by atoms with Gasteiger partial charge in [0.25, 0.3) is 0 Å². The molecule has 0 N–H and O–H groups in total. The number of rotatable bonds is 11. The van der Waals surface area contributed by atoms with Crippen LogP contribution in [-0.2, 0) is 14.3 Å². The molecule has 0 unspecified atom stereocenters. The van der Waals surface area contributed by atoms with Gasteiger partial charge in [-0.15, -0.1) is 0 Å². The van der Waals surface area contributed by atoms with Gasteiger partial charge in [-0.3, -0.25) is 14.4 Å². The third-order valence-electron chi connectivity index (χ3n) is 4.50. The Balaban J connectivity index is 1.73. The van der Waals surface area contributed by atoms with Crippen molar-refractivity contribution in [3.8, 4) is 0 Å². The van der Waals surface area contributed by atoms with Crippen LogP contribution in [0, 0.1) is 0 Å². The maximum absolute atomic E-state index is 12.1. The van der Waals surface area contributed by atoms with E-state index in [4.69, 9.17) is 9.15 Å². The van der Waals surface area contributed by atoms with Crippen molar-refractivity contribution in [1.82, 2.24) is 4.90 Å². The first kappa shape index (κ1) is 21.4. The van der Waals surface area contributed by atoms with Gasteiger partial charge in [-0.2, -0.15) is 0 Å². The first-order chi connectivity index (χ1) is 13.0. The zero-order valence-corrected chi connectivity index (χ0v) is 17.2. The third kappa shape index (κ3) is 6.97. The van der Waals surface area contributed by atoms with Gasteiger partial charge in [0.2, 0.25) is 11.7 Å². The molecule has 1 amide bonds. The lowest BCUT2D eigenvalue weighted by atomic mass is 10.1. The van der Waals surface area contributed by atoms with Gasteiger partial charge in [-0.05, 0) is 60.3 Å². The molecule has 0 aliphatic carbocycles. The average Bonchev–Trinajstić information content (AvgIpc) is 3.22. The summed E-state index contributed by atoms with van der Waals surface area (Å²) in [6, 6.07) is 3.25. The molecule has 1 fully saturated rings. The van der Waals surface area contributed by atoms with E-state index >= 15 is 0 Å². The van der Waals surface area contributed by atoms with Crippen LogP contribution in [0.15, 0.2) is 33.4 Å². The first-order valence-corrected chi connectivity index (χ1v) is 10.2. The van der Waals surface area contributed by atoms with E-state index in [1.165, 1.54) is 6.08 Å². The van der Waals surface area contributed by atoms with Crippen molar-refractivity contribution in [3.63, 3.8) is 0 Å². The number of hydrogen-bond acceptors (Lipinski definition) is 5. The minimum absolute atomic E-state index is 0.0422. The van der Waals surface area contributed by atoms with E-state index in [0.29, 0.717) is 30.7 Å². The highest BCUT2D eigenvalue weighted by molar-refractivity contribution is 9.10. The smallest absolute Gasteiger partial charge is 0.305 e. The Kier molecular flexibility index (Phi) is 8.78. The van der Waals surface area contributed by atoms with E-state index in [0.717, 1.165) is 32.1 Å². The Morgan fingerprint density at radius 3 is 2.78 bits per heavy atom. The minimum atomic E-state index is -0.209. The summed E-state index contributed by atoms with van der Waals surface area (Å²) in [6.07, 6.45) is 8.57. The quantitative estimate of drug-likeness (QED) is 0.222. The van der Waals surface area contributed by atoms with Crippen LogP contribution in [0.1, 0.15) is 62.4 Å². The molecule has 0 aromatic carbocycles. The maximum Gasteiger partial charge on any atom is 0.305 e. The lowest BCUT2D eigenvalue weighted by Gasteiger charge is -2.22. The maximum atomic E-state index is 12.1. The number of carbonyl (C=O) groups excluding carboxylic acids is 3. The van der Waals surface area contributed by atoms with Gasteiger partial charge in [-0.1, -0.05) is 18.9 Å². The minimum Gasteiger partial charge on any atom is -0.466 e. The van der Waals surface area contributed by atoms with E-state index < -0.39 is 0 Å². The fourth-order valence-electron chi connectivity index (χ4n) is 3.11. The zero-order chi connectivity index (χ0) is 19.6. The van der Waals surface area contributed by atoms with Crippen LogP contribution in [0.25, 0.3) is 0 Å². The Morgan fingerprint density at radius 2 is 2.07 bits per heavy atom. The molecule has 0 saturated carbocycles. The van der Waals surface area contributed by atoms with Crippen molar-refractivity contribution in [3.05, 3.63) is 34.7 Å². The summed E-state index contributed by atoms with van der Waals surface area (Å²) in [7, 11) is 0. The molecule has 1 aromatic heterocycles. The second kappa shape index (κ2) is 11.1. The number of furan rings is 1. The summed E-state index contributed by atoms with van der Waals surface area (Å²) in [5.74, 6) is 0.0459. The molecule has 1 saturated heterocycles. The number of nitrogens with zero attached hydrogens (tertiary/aromatic N) is 1. The van der Waals surface area contributed by atoms with E-state index in [-0.39, 0.29) is 29.5 Å². The number of amides is 1. The summed E-state index contributed by atoms with van der Waals surface area (Å²) in [4.78, 5) is 37.3. The van der Waals surface area contributed by atoms with Crippen molar-refractivity contribution in [2.75, 3.05) is 13.2 Å². The van der Waals surface area contributed by atoms with Crippen molar-refractivity contribution in [1.29, 1.82) is 0 Å². The van der Waals surface area contributed by atoms with E-state index in [2.05, 4.69) is 15.9 Å². The van der Waals surface area contributed by atoms with E-state index in [1.54, 1.807) is 25.1 Å². The Bertz CT molecular complexity index is 682. The van der Waals surface area contributed by atoms with Gasteiger partial charge in [0.05, 0.1) is 12.6 Å². The van der Waals surface area contributed by atoms with Crippen molar-refractivity contribution >= 4 is 33.6 Å². The summed E-state index contributed by atoms with van der Waals surface area (Å²) in [6.45, 7) is 2.90. The topological polar surface area (TPSA) is 76.8 Å². The number of esters is 1. The molecule has 7 heteroatoms. The molecule has 1 aliphatic rings. The van der Waals surface area contributed by atoms with Gasteiger partial charge in [0.15, 0.2) is 10.4 Å². The van der Waals surface area contributed by atoms with E-state index in [1.807, 2.05) is 4.90 Å². The van der Waals surface area contributed by atoms with Crippen LogP contribution in [-0.4, -0.2) is 41.8 Å². The number of ether oxygens (including phenoxy) is 1. The van der Waals surface area contributed by atoms with Crippen LogP contribution < -0.4 is 0 Å². The molecule has 0 radical (unpaired) electrons. The van der Waals surface area contributed by atoms with Gasteiger partial charge < -0.3 is 14.1 Å². The highest BCUT2D eigenvalue weighted by atomic mass is 79.9. The molecule has 27 heavy (non-hydrogen) atoms. The molecule has 148 valence electrons. The highest BCUT2D eigenvalue weighted by Gasteiger charge is 2.28.